The van der Waals surface area contributed by atoms with E-state index in [0.29, 0.717) is 24.2 Å². The maximum atomic E-state index is 15.1. The molecule has 4 rings (SSSR count). The van der Waals surface area contributed by atoms with Crippen LogP contribution >= 0.6 is 0 Å². The number of phenols is 1. The molecule has 0 saturated heterocycles. The summed E-state index contributed by atoms with van der Waals surface area (Å²) in [5, 5.41) is 19.9. The Kier molecular flexibility index (Phi) is 3.10. The van der Waals surface area contributed by atoms with Gasteiger partial charge in [0.2, 0.25) is 0 Å². The zero-order chi connectivity index (χ0) is 15.6. The maximum Gasteiger partial charge on any atom is 0.115 e. The molecule has 0 unspecified atom stereocenters. The summed E-state index contributed by atoms with van der Waals surface area (Å²) in [6.45, 7) is 4.39. The van der Waals surface area contributed by atoms with E-state index in [0.717, 1.165) is 30.4 Å². The molecule has 22 heavy (non-hydrogen) atoms. The van der Waals surface area contributed by atoms with Crippen molar-refractivity contribution < 1.29 is 14.6 Å². The lowest BCUT2D eigenvalue weighted by atomic mass is 9.52. The van der Waals surface area contributed by atoms with Crippen LogP contribution in [-0.4, -0.2) is 22.5 Å². The normalized spacial score (nSPS) is 46.7. The second-order valence-corrected chi connectivity index (χ2v) is 8.24. The van der Waals surface area contributed by atoms with Crippen LogP contribution in [-0.2, 0) is 6.42 Å². The lowest BCUT2D eigenvalue weighted by molar-refractivity contribution is -0.0199. The zero-order valence-electron chi connectivity index (χ0n) is 13.3. The van der Waals surface area contributed by atoms with Crippen LogP contribution in [0.2, 0.25) is 0 Å². The first-order valence-electron chi connectivity index (χ1n) is 8.53. The third-order valence-electron chi connectivity index (χ3n) is 6.74. The topological polar surface area (TPSA) is 40.5 Å². The largest absolute Gasteiger partial charge is 0.508 e. The number of rotatable bonds is 0. The summed E-state index contributed by atoms with van der Waals surface area (Å²) >= 11 is 0. The number of benzene rings is 1. The molecule has 1 aromatic rings. The van der Waals surface area contributed by atoms with Gasteiger partial charge in [0.05, 0.1) is 6.10 Å². The van der Waals surface area contributed by atoms with Crippen LogP contribution in [0.1, 0.15) is 50.2 Å². The standard InChI is InChI=1S/C19H25FO2/c1-10-5-11-6-12(21)3-4-14(11)18-16(20)9-19(2)8-13(22)7-15(19)17(10)18/h3-4,6,10,13,15-18,21-22H,5,7-9H2,1-2H3/t10-,13+,15+,16+,17+,18+,19+/m1/s1. The number of fused-ring (bicyclic) bond motifs is 5. The van der Waals surface area contributed by atoms with Crippen molar-refractivity contribution in [3.05, 3.63) is 29.3 Å². The van der Waals surface area contributed by atoms with Crippen molar-refractivity contribution in [2.75, 3.05) is 0 Å². The summed E-state index contributed by atoms with van der Waals surface area (Å²) in [4.78, 5) is 0. The molecule has 0 aromatic heterocycles. The highest BCUT2D eigenvalue weighted by Gasteiger charge is 2.58. The fourth-order valence-corrected chi connectivity index (χ4v) is 6.00. The highest BCUT2D eigenvalue weighted by Crippen LogP contribution is 2.62. The number of hydrogen-bond acceptors (Lipinski definition) is 2. The summed E-state index contributed by atoms with van der Waals surface area (Å²) in [5.41, 5.74) is 2.15. The Hall–Kier alpha value is -1.09. The predicted molar refractivity (Wildman–Crippen MR) is 83.6 cm³/mol. The van der Waals surface area contributed by atoms with Crippen LogP contribution < -0.4 is 0 Å². The number of aliphatic hydroxyl groups excluding tert-OH is 1. The second-order valence-electron chi connectivity index (χ2n) is 8.24. The van der Waals surface area contributed by atoms with Gasteiger partial charge in [0.1, 0.15) is 11.9 Å². The fraction of sp³-hybridized carbons (Fsp3) is 0.684. The monoisotopic (exact) mass is 304 g/mol. The predicted octanol–water partition coefficient (Wildman–Crippen LogP) is 3.80. The lowest BCUT2D eigenvalue weighted by Gasteiger charge is -2.52. The van der Waals surface area contributed by atoms with E-state index in [1.54, 1.807) is 6.07 Å². The van der Waals surface area contributed by atoms with Crippen molar-refractivity contribution in [1.29, 1.82) is 0 Å². The first-order valence-corrected chi connectivity index (χ1v) is 8.53. The number of aliphatic hydroxyl groups is 1. The minimum Gasteiger partial charge on any atom is -0.508 e. The average Bonchev–Trinajstić information content (AvgIpc) is 2.71. The molecule has 2 N–H and O–H groups in total. The smallest absolute Gasteiger partial charge is 0.115 e. The van der Waals surface area contributed by atoms with E-state index in [4.69, 9.17) is 0 Å². The Bertz CT molecular complexity index is 601. The van der Waals surface area contributed by atoms with Crippen molar-refractivity contribution in [3.63, 3.8) is 0 Å². The van der Waals surface area contributed by atoms with Gasteiger partial charge >= 0.3 is 0 Å². The molecule has 2 nitrogen and oxygen atoms in total. The molecule has 3 aliphatic carbocycles. The van der Waals surface area contributed by atoms with Crippen molar-refractivity contribution in [3.8, 4) is 5.75 Å². The number of hydrogen-bond donors (Lipinski definition) is 2. The first kappa shape index (κ1) is 14.5. The Morgan fingerprint density at radius 3 is 2.82 bits per heavy atom. The van der Waals surface area contributed by atoms with Crippen molar-refractivity contribution >= 4 is 0 Å². The minimum absolute atomic E-state index is 0.0529. The van der Waals surface area contributed by atoms with Crippen molar-refractivity contribution in [1.82, 2.24) is 0 Å². The molecule has 2 fully saturated rings. The summed E-state index contributed by atoms with van der Waals surface area (Å²) < 4.78 is 15.1. The van der Waals surface area contributed by atoms with E-state index in [1.165, 1.54) is 0 Å². The average molecular weight is 304 g/mol. The van der Waals surface area contributed by atoms with Crippen LogP contribution in [0.25, 0.3) is 0 Å². The van der Waals surface area contributed by atoms with Gasteiger partial charge < -0.3 is 10.2 Å². The van der Waals surface area contributed by atoms with Gasteiger partial charge in [-0.25, -0.2) is 4.39 Å². The van der Waals surface area contributed by atoms with E-state index < -0.39 is 6.17 Å². The molecule has 2 saturated carbocycles. The molecular weight excluding hydrogens is 279 g/mol. The summed E-state index contributed by atoms with van der Waals surface area (Å²) in [5.74, 6) is 1.33. The third-order valence-corrected chi connectivity index (χ3v) is 6.74. The van der Waals surface area contributed by atoms with Gasteiger partial charge in [0.25, 0.3) is 0 Å². The molecule has 3 heteroatoms. The van der Waals surface area contributed by atoms with E-state index in [-0.39, 0.29) is 23.2 Å². The molecule has 0 heterocycles. The van der Waals surface area contributed by atoms with Crippen LogP contribution in [0.15, 0.2) is 18.2 Å². The highest BCUT2D eigenvalue weighted by molar-refractivity contribution is 5.41. The number of halogens is 1. The SMILES string of the molecule is C[C@@H]1Cc2cc(O)ccc2[C@@H]2[C@@H]1[C@@H]1C[C@H](O)C[C@@]1(C)C[C@@H]2F. The van der Waals surface area contributed by atoms with Crippen LogP contribution in [0.3, 0.4) is 0 Å². The molecule has 120 valence electrons. The molecular formula is C19H25FO2. The van der Waals surface area contributed by atoms with Gasteiger partial charge in [-0.2, -0.15) is 0 Å². The van der Waals surface area contributed by atoms with E-state index in [9.17, 15) is 10.2 Å². The minimum atomic E-state index is -0.845. The number of aromatic hydroxyl groups is 1. The van der Waals surface area contributed by atoms with Gasteiger partial charge in [0, 0.05) is 5.92 Å². The molecule has 0 spiro atoms. The van der Waals surface area contributed by atoms with Crippen molar-refractivity contribution in [2.24, 2.45) is 23.2 Å². The van der Waals surface area contributed by atoms with Crippen LogP contribution in [0.4, 0.5) is 4.39 Å². The van der Waals surface area contributed by atoms with Crippen LogP contribution in [0.5, 0.6) is 5.75 Å². The zero-order valence-corrected chi connectivity index (χ0v) is 13.3. The van der Waals surface area contributed by atoms with Crippen LogP contribution in [0, 0.1) is 23.2 Å². The molecule has 0 aliphatic heterocycles. The highest BCUT2D eigenvalue weighted by atomic mass is 19.1. The van der Waals surface area contributed by atoms with E-state index in [2.05, 4.69) is 13.8 Å². The number of alkyl halides is 1. The molecule has 1 aromatic carbocycles. The molecule has 0 bridgehead atoms. The fourth-order valence-electron chi connectivity index (χ4n) is 6.00. The van der Waals surface area contributed by atoms with Gasteiger partial charge in [-0.15, -0.1) is 0 Å². The number of phenolic OH excluding ortho intramolecular Hbond substituents is 1. The Balaban J connectivity index is 1.80. The maximum absolute atomic E-state index is 15.1. The Morgan fingerprint density at radius 1 is 1.27 bits per heavy atom. The van der Waals surface area contributed by atoms with E-state index >= 15 is 4.39 Å². The molecule has 3 aliphatic rings. The van der Waals surface area contributed by atoms with Gasteiger partial charge in [-0.05, 0) is 72.1 Å². The Labute approximate surface area is 131 Å². The Morgan fingerprint density at radius 2 is 2.05 bits per heavy atom. The first-order chi connectivity index (χ1) is 10.4. The molecule has 0 amide bonds. The van der Waals surface area contributed by atoms with E-state index in [1.807, 2.05) is 12.1 Å². The molecule has 0 radical (unpaired) electrons. The third kappa shape index (κ3) is 1.94. The second kappa shape index (κ2) is 4.70. The lowest BCUT2D eigenvalue weighted by Crippen LogP contribution is -2.48. The molecule has 7 atom stereocenters. The summed E-state index contributed by atoms with van der Waals surface area (Å²) in [6, 6.07) is 5.43. The quantitative estimate of drug-likeness (QED) is 0.765. The summed E-state index contributed by atoms with van der Waals surface area (Å²) in [6.07, 6.45) is 1.92. The van der Waals surface area contributed by atoms with Gasteiger partial charge in [0.15, 0.2) is 0 Å². The van der Waals surface area contributed by atoms with Gasteiger partial charge in [-0.1, -0.05) is 19.9 Å². The summed E-state index contributed by atoms with van der Waals surface area (Å²) in [7, 11) is 0. The van der Waals surface area contributed by atoms with Crippen molar-refractivity contribution in [2.45, 2.75) is 57.7 Å². The van der Waals surface area contributed by atoms with Gasteiger partial charge in [-0.3, -0.25) is 0 Å².